The minimum atomic E-state index is -0.640. The van der Waals surface area contributed by atoms with Crippen LogP contribution in [0.15, 0.2) is 36.4 Å². The predicted octanol–water partition coefficient (Wildman–Crippen LogP) is 3.06. The summed E-state index contributed by atoms with van der Waals surface area (Å²) in [6.07, 6.45) is 0.425. The van der Waals surface area contributed by atoms with Crippen LogP contribution in [-0.4, -0.2) is 65.8 Å². The number of halogens is 1. The molecule has 1 saturated heterocycles. The van der Waals surface area contributed by atoms with E-state index in [0.29, 0.717) is 25.9 Å². The number of carbonyl (C=O) groups excluding carboxylic acids is 2. The number of amides is 1. The Labute approximate surface area is 190 Å². The smallest absolute Gasteiger partial charge is 0.274 e. The molecule has 9 nitrogen and oxygen atoms in total. The van der Waals surface area contributed by atoms with Gasteiger partial charge in [0.1, 0.15) is 5.82 Å². The molecule has 0 aromatic heterocycles. The first-order valence-corrected chi connectivity index (χ1v) is 10.5. The van der Waals surface area contributed by atoms with Crippen molar-refractivity contribution in [2.45, 2.75) is 32.5 Å². The normalized spacial score (nSPS) is 18.6. The van der Waals surface area contributed by atoms with Gasteiger partial charge in [0.2, 0.25) is 0 Å². The summed E-state index contributed by atoms with van der Waals surface area (Å²) in [4.78, 5) is 38.7. The number of nitro benzene ring substituents is 1. The van der Waals surface area contributed by atoms with Gasteiger partial charge in [-0.3, -0.25) is 24.6 Å². The van der Waals surface area contributed by atoms with Gasteiger partial charge in [-0.15, -0.1) is 0 Å². The fourth-order valence-corrected chi connectivity index (χ4v) is 3.91. The van der Waals surface area contributed by atoms with Crippen molar-refractivity contribution in [1.82, 2.24) is 9.80 Å². The third-order valence-electron chi connectivity index (χ3n) is 5.70. The zero-order valence-corrected chi connectivity index (χ0v) is 18.7. The van der Waals surface area contributed by atoms with Crippen molar-refractivity contribution in [3.05, 3.63) is 63.5 Å². The second-order valence-electron chi connectivity index (χ2n) is 8.03. The number of nitrogens with zero attached hydrogens (tertiary/aromatic N) is 3. The summed E-state index contributed by atoms with van der Waals surface area (Å²) in [7, 11) is 1.30. The van der Waals surface area contributed by atoms with E-state index in [4.69, 9.17) is 9.47 Å². The van der Waals surface area contributed by atoms with Crippen molar-refractivity contribution in [2.75, 3.05) is 26.8 Å². The number of hydrogen-bond donors (Lipinski definition) is 0. The Morgan fingerprint density at radius 3 is 2.52 bits per heavy atom. The maximum atomic E-state index is 13.2. The first-order valence-electron chi connectivity index (χ1n) is 10.5. The zero-order chi connectivity index (χ0) is 24.1. The van der Waals surface area contributed by atoms with Crippen LogP contribution in [0, 0.1) is 15.9 Å². The number of piperazine rings is 1. The molecule has 176 valence electrons. The number of aldehydes is 1. The second-order valence-corrected chi connectivity index (χ2v) is 8.03. The van der Waals surface area contributed by atoms with E-state index in [1.165, 1.54) is 19.2 Å². The summed E-state index contributed by atoms with van der Waals surface area (Å²) >= 11 is 0. The minimum absolute atomic E-state index is 0.00429. The summed E-state index contributed by atoms with van der Waals surface area (Å²) < 4.78 is 23.9. The maximum absolute atomic E-state index is 13.2. The van der Waals surface area contributed by atoms with Gasteiger partial charge in [0, 0.05) is 37.8 Å². The van der Waals surface area contributed by atoms with Crippen LogP contribution < -0.4 is 9.47 Å². The van der Waals surface area contributed by atoms with Crippen LogP contribution in [0.4, 0.5) is 10.1 Å². The van der Waals surface area contributed by atoms with Crippen molar-refractivity contribution in [1.29, 1.82) is 0 Å². The molecule has 2 aromatic carbocycles. The number of ether oxygens (including phenoxy) is 2. The van der Waals surface area contributed by atoms with Gasteiger partial charge in [0.15, 0.2) is 24.4 Å². The molecule has 3 rings (SSSR count). The number of methoxy groups -OCH3 is 1. The summed E-state index contributed by atoms with van der Waals surface area (Å²) in [6.45, 7) is 5.36. The van der Waals surface area contributed by atoms with Crippen LogP contribution in [-0.2, 0) is 11.3 Å². The van der Waals surface area contributed by atoms with Gasteiger partial charge in [0.25, 0.3) is 11.6 Å². The van der Waals surface area contributed by atoms with Gasteiger partial charge < -0.3 is 14.4 Å². The molecule has 33 heavy (non-hydrogen) atoms. The van der Waals surface area contributed by atoms with Crippen LogP contribution in [0.5, 0.6) is 11.5 Å². The Hall–Kier alpha value is -3.53. The lowest BCUT2D eigenvalue weighted by atomic mass is 10.1. The van der Waals surface area contributed by atoms with E-state index >= 15 is 0 Å². The highest BCUT2D eigenvalue weighted by atomic mass is 19.1. The Bertz CT molecular complexity index is 1030. The highest BCUT2D eigenvalue weighted by Gasteiger charge is 2.32. The molecule has 2 unspecified atom stereocenters. The number of non-ortho nitro benzene ring substituents is 1. The van der Waals surface area contributed by atoms with Crippen molar-refractivity contribution >= 4 is 17.9 Å². The van der Waals surface area contributed by atoms with E-state index in [0.717, 1.165) is 17.7 Å². The van der Waals surface area contributed by atoms with E-state index in [-0.39, 0.29) is 53.2 Å². The minimum Gasteiger partial charge on any atom is -0.493 e. The van der Waals surface area contributed by atoms with Crippen LogP contribution >= 0.6 is 0 Å². The number of nitro groups is 1. The van der Waals surface area contributed by atoms with Gasteiger partial charge >= 0.3 is 0 Å². The van der Waals surface area contributed by atoms with Crippen LogP contribution in [0.1, 0.15) is 29.8 Å². The van der Waals surface area contributed by atoms with Crippen LogP contribution in [0.3, 0.4) is 0 Å². The van der Waals surface area contributed by atoms with E-state index in [1.807, 2.05) is 13.8 Å². The summed E-state index contributed by atoms with van der Waals surface area (Å²) in [5, 5.41) is 11.1. The third kappa shape index (κ3) is 5.64. The zero-order valence-electron chi connectivity index (χ0n) is 18.7. The van der Waals surface area contributed by atoms with Crippen molar-refractivity contribution in [3.63, 3.8) is 0 Å². The standard InChI is InChI=1S/C23H26FN3O6/c1-15-11-26(16(2)10-25(15)12-17-4-6-19(24)7-5-17)22(29)14-33-23-18(13-28)8-20(27(30)31)9-21(23)32-3/h4-9,13,15-16H,10-12,14H2,1-3H3. The SMILES string of the molecule is COc1cc([N+](=O)[O-])cc(C=O)c1OCC(=O)N1CC(C)N(Cc2ccc(F)cc2)CC1C. The number of carbonyl (C=O) groups is 2. The molecule has 0 saturated carbocycles. The van der Waals surface area contributed by atoms with Crippen molar-refractivity contribution in [3.8, 4) is 11.5 Å². The Kier molecular flexibility index (Phi) is 7.59. The maximum Gasteiger partial charge on any atom is 0.274 e. The molecule has 1 amide bonds. The molecule has 2 aromatic rings. The summed E-state index contributed by atoms with van der Waals surface area (Å²) in [5.41, 5.74) is 0.608. The predicted molar refractivity (Wildman–Crippen MR) is 118 cm³/mol. The number of rotatable bonds is 8. The Balaban J connectivity index is 1.66. The fraction of sp³-hybridized carbons (Fsp3) is 0.391. The molecule has 10 heteroatoms. The fourth-order valence-electron chi connectivity index (χ4n) is 3.91. The second kappa shape index (κ2) is 10.4. The van der Waals surface area contributed by atoms with Crippen LogP contribution in [0.2, 0.25) is 0 Å². The molecular weight excluding hydrogens is 433 g/mol. The quantitative estimate of drug-likeness (QED) is 0.340. The summed E-state index contributed by atoms with van der Waals surface area (Å²) in [6, 6.07) is 8.55. The third-order valence-corrected chi connectivity index (χ3v) is 5.70. The number of hydrogen-bond acceptors (Lipinski definition) is 7. The van der Waals surface area contributed by atoms with Gasteiger partial charge in [0.05, 0.1) is 23.7 Å². The summed E-state index contributed by atoms with van der Waals surface area (Å²) in [5.74, 6) is -0.558. The Morgan fingerprint density at radius 2 is 1.91 bits per heavy atom. The Morgan fingerprint density at radius 1 is 1.21 bits per heavy atom. The molecule has 1 aliphatic rings. The molecule has 0 aliphatic carbocycles. The van der Waals surface area contributed by atoms with E-state index in [1.54, 1.807) is 17.0 Å². The number of benzene rings is 2. The van der Waals surface area contributed by atoms with Gasteiger partial charge in [-0.2, -0.15) is 0 Å². The molecule has 0 N–H and O–H groups in total. The monoisotopic (exact) mass is 459 g/mol. The lowest BCUT2D eigenvalue weighted by Crippen LogP contribution is -2.58. The van der Waals surface area contributed by atoms with Gasteiger partial charge in [-0.05, 0) is 31.5 Å². The lowest BCUT2D eigenvalue weighted by molar-refractivity contribution is -0.385. The van der Waals surface area contributed by atoms with Crippen molar-refractivity contribution < 1.29 is 28.4 Å². The lowest BCUT2D eigenvalue weighted by Gasteiger charge is -2.44. The van der Waals surface area contributed by atoms with Crippen molar-refractivity contribution in [2.24, 2.45) is 0 Å². The largest absolute Gasteiger partial charge is 0.493 e. The highest BCUT2D eigenvalue weighted by molar-refractivity contribution is 5.84. The average Bonchev–Trinajstić information content (AvgIpc) is 2.80. The first kappa shape index (κ1) is 24.1. The molecule has 0 bridgehead atoms. The van der Waals surface area contributed by atoms with Gasteiger partial charge in [-0.25, -0.2) is 4.39 Å². The van der Waals surface area contributed by atoms with E-state index in [2.05, 4.69) is 4.90 Å². The van der Waals surface area contributed by atoms with Gasteiger partial charge in [-0.1, -0.05) is 12.1 Å². The first-order chi connectivity index (χ1) is 15.7. The molecule has 1 aliphatic heterocycles. The average molecular weight is 459 g/mol. The molecule has 1 fully saturated rings. The van der Waals surface area contributed by atoms with Crippen LogP contribution in [0.25, 0.3) is 0 Å². The highest BCUT2D eigenvalue weighted by Crippen LogP contribution is 2.35. The molecular formula is C23H26FN3O6. The topological polar surface area (TPSA) is 102 Å². The molecule has 0 radical (unpaired) electrons. The van der Waals surface area contributed by atoms with E-state index < -0.39 is 4.92 Å². The molecule has 1 heterocycles. The molecule has 2 atom stereocenters. The molecule has 0 spiro atoms. The van der Waals surface area contributed by atoms with E-state index in [9.17, 15) is 24.1 Å².